The molecule has 0 saturated heterocycles. The van der Waals surface area contributed by atoms with Crippen LogP contribution in [0.3, 0.4) is 0 Å². The standard InChI is InChI=1S/C17H12ClF3N4O2/c1-9(13(7-22)15(23)26)25-11-2-4-12(5-3-11)27-16-14(18)6-10(8-24-16)17(19,20)21/h2-6,8,25H,1H3,(H2,23,26)/b13-9-. The summed E-state index contributed by atoms with van der Waals surface area (Å²) in [5, 5.41) is 11.4. The average molecular weight is 397 g/mol. The van der Waals surface area contributed by atoms with Crippen molar-refractivity contribution >= 4 is 23.2 Å². The molecule has 0 aliphatic heterocycles. The molecule has 0 saturated carbocycles. The van der Waals surface area contributed by atoms with Crippen LogP contribution in [0.4, 0.5) is 18.9 Å². The first kappa shape index (κ1) is 20.1. The first-order chi connectivity index (χ1) is 12.6. The normalized spacial score (nSPS) is 12.0. The zero-order chi connectivity index (χ0) is 20.2. The summed E-state index contributed by atoms with van der Waals surface area (Å²) in [5.74, 6) is -0.765. The number of rotatable bonds is 5. The molecule has 1 amide bonds. The second-order valence-electron chi connectivity index (χ2n) is 5.24. The van der Waals surface area contributed by atoms with E-state index in [0.717, 1.165) is 6.07 Å². The molecule has 2 rings (SSSR count). The number of ether oxygens (including phenoxy) is 1. The highest BCUT2D eigenvalue weighted by molar-refractivity contribution is 6.31. The van der Waals surface area contributed by atoms with Crippen LogP contribution in [-0.2, 0) is 11.0 Å². The van der Waals surface area contributed by atoms with Gasteiger partial charge in [0.15, 0.2) is 0 Å². The average Bonchev–Trinajstić information content (AvgIpc) is 2.57. The highest BCUT2D eigenvalue weighted by atomic mass is 35.5. The minimum atomic E-state index is -4.55. The summed E-state index contributed by atoms with van der Waals surface area (Å²) >= 11 is 5.79. The number of nitrogens with two attached hydrogens (primary N) is 1. The summed E-state index contributed by atoms with van der Waals surface area (Å²) in [5.41, 5.74) is 4.70. The van der Waals surface area contributed by atoms with Gasteiger partial charge >= 0.3 is 6.18 Å². The van der Waals surface area contributed by atoms with E-state index >= 15 is 0 Å². The van der Waals surface area contributed by atoms with E-state index in [1.54, 1.807) is 18.2 Å². The molecule has 6 nitrogen and oxygen atoms in total. The highest BCUT2D eigenvalue weighted by Crippen LogP contribution is 2.34. The summed E-state index contributed by atoms with van der Waals surface area (Å²) in [4.78, 5) is 14.7. The molecule has 10 heteroatoms. The van der Waals surface area contributed by atoms with Gasteiger partial charge in [-0.15, -0.1) is 0 Å². The van der Waals surface area contributed by atoms with E-state index in [-0.39, 0.29) is 27.9 Å². The lowest BCUT2D eigenvalue weighted by atomic mass is 10.2. The van der Waals surface area contributed by atoms with Crippen molar-refractivity contribution < 1.29 is 22.7 Å². The first-order valence-corrected chi connectivity index (χ1v) is 7.68. The van der Waals surface area contributed by atoms with E-state index in [1.165, 1.54) is 19.1 Å². The maximum atomic E-state index is 12.6. The number of allylic oxidation sites excluding steroid dienone is 1. The van der Waals surface area contributed by atoms with Crippen LogP contribution in [0.15, 0.2) is 47.8 Å². The molecule has 0 aliphatic carbocycles. The van der Waals surface area contributed by atoms with Gasteiger partial charge in [0.05, 0.1) is 5.56 Å². The summed E-state index contributed by atoms with van der Waals surface area (Å²) < 4.78 is 43.2. The zero-order valence-corrected chi connectivity index (χ0v) is 14.5. The monoisotopic (exact) mass is 396 g/mol. The number of carbonyl (C=O) groups excluding carboxylic acids is 1. The van der Waals surface area contributed by atoms with E-state index in [9.17, 15) is 18.0 Å². The van der Waals surface area contributed by atoms with Gasteiger partial charge in [0.2, 0.25) is 5.88 Å². The predicted octanol–water partition coefficient (Wildman–Crippen LogP) is 4.24. The topological polar surface area (TPSA) is 101 Å². The van der Waals surface area contributed by atoms with Gasteiger partial charge in [0, 0.05) is 17.6 Å². The Labute approximate surface area is 157 Å². The number of nitrogens with zero attached hydrogens (tertiary/aromatic N) is 2. The molecule has 2 aromatic rings. The lowest BCUT2D eigenvalue weighted by Crippen LogP contribution is -2.16. The summed E-state index contributed by atoms with van der Waals surface area (Å²) in [6.07, 6.45) is -3.93. The molecular formula is C17H12ClF3N4O2. The van der Waals surface area contributed by atoms with Crippen LogP contribution in [-0.4, -0.2) is 10.9 Å². The Kier molecular flexibility index (Phi) is 5.92. The summed E-state index contributed by atoms with van der Waals surface area (Å²) in [7, 11) is 0. The summed E-state index contributed by atoms with van der Waals surface area (Å²) in [6, 6.07) is 8.55. The SMILES string of the molecule is C/C(Nc1ccc(Oc2ncc(C(F)(F)F)cc2Cl)cc1)=C(\C#N)C(N)=O. The molecule has 0 fully saturated rings. The number of nitriles is 1. The molecule has 0 aliphatic rings. The number of pyridine rings is 1. The molecule has 0 radical (unpaired) electrons. The molecule has 140 valence electrons. The number of nitrogens with one attached hydrogen (secondary N) is 1. The number of aromatic nitrogens is 1. The molecule has 0 atom stereocenters. The maximum Gasteiger partial charge on any atom is 0.417 e. The van der Waals surface area contributed by atoms with Crippen LogP contribution in [0.25, 0.3) is 0 Å². The lowest BCUT2D eigenvalue weighted by molar-refractivity contribution is -0.137. The number of amides is 1. The minimum absolute atomic E-state index is 0.179. The highest BCUT2D eigenvalue weighted by Gasteiger charge is 2.31. The van der Waals surface area contributed by atoms with Crippen LogP contribution in [0, 0.1) is 11.3 Å². The zero-order valence-electron chi connectivity index (χ0n) is 13.8. The molecule has 0 unspecified atom stereocenters. The minimum Gasteiger partial charge on any atom is -0.438 e. The van der Waals surface area contributed by atoms with Gasteiger partial charge in [0.1, 0.15) is 22.4 Å². The third-order valence-electron chi connectivity index (χ3n) is 3.27. The van der Waals surface area contributed by atoms with Gasteiger partial charge in [-0.25, -0.2) is 4.98 Å². The molecule has 3 N–H and O–H groups in total. The van der Waals surface area contributed by atoms with Gasteiger partial charge in [-0.2, -0.15) is 18.4 Å². The van der Waals surface area contributed by atoms with Gasteiger partial charge in [-0.05, 0) is 37.3 Å². The number of primary amides is 1. The fraction of sp³-hybridized carbons (Fsp3) is 0.118. The van der Waals surface area contributed by atoms with Crippen molar-refractivity contribution in [1.82, 2.24) is 4.98 Å². The van der Waals surface area contributed by atoms with Crippen LogP contribution in [0.1, 0.15) is 12.5 Å². The van der Waals surface area contributed by atoms with Crippen LogP contribution < -0.4 is 15.8 Å². The first-order valence-electron chi connectivity index (χ1n) is 7.30. The van der Waals surface area contributed by atoms with Crippen molar-refractivity contribution in [2.45, 2.75) is 13.1 Å². The molecular weight excluding hydrogens is 385 g/mol. The number of hydrogen-bond donors (Lipinski definition) is 2. The Hall–Kier alpha value is -3.25. The Morgan fingerprint density at radius 2 is 1.96 bits per heavy atom. The van der Waals surface area contributed by atoms with Gasteiger partial charge in [-0.1, -0.05) is 11.6 Å². The third-order valence-corrected chi connectivity index (χ3v) is 3.54. The Morgan fingerprint density at radius 1 is 1.33 bits per heavy atom. The molecule has 0 spiro atoms. The van der Waals surface area contributed by atoms with E-state index in [1.807, 2.05) is 0 Å². The second kappa shape index (κ2) is 7.97. The summed E-state index contributed by atoms with van der Waals surface area (Å²) in [6.45, 7) is 1.51. The van der Waals surface area contributed by atoms with Crippen molar-refractivity contribution in [3.8, 4) is 17.7 Å². The molecule has 0 bridgehead atoms. The van der Waals surface area contributed by atoms with Crippen molar-refractivity contribution in [1.29, 1.82) is 5.26 Å². The van der Waals surface area contributed by atoms with E-state index in [4.69, 9.17) is 27.3 Å². The predicted molar refractivity (Wildman–Crippen MR) is 91.9 cm³/mol. The van der Waals surface area contributed by atoms with E-state index in [0.29, 0.717) is 11.9 Å². The quantitative estimate of drug-likeness (QED) is 0.581. The van der Waals surface area contributed by atoms with Gasteiger partial charge in [0.25, 0.3) is 5.91 Å². The number of benzene rings is 1. The largest absolute Gasteiger partial charge is 0.438 e. The maximum absolute atomic E-state index is 12.6. The third kappa shape index (κ3) is 5.12. The van der Waals surface area contributed by atoms with Crippen molar-refractivity contribution in [3.05, 3.63) is 58.4 Å². The Balaban J connectivity index is 2.15. The number of halogens is 4. The van der Waals surface area contributed by atoms with Crippen LogP contribution in [0.2, 0.25) is 5.02 Å². The fourth-order valence-electron chi connectivity index (χ4n) is 1.98. The number of hydrogen-bond acceptors (Lipinski definition) is 5. The number of carbonyl (C=O) groups is 1. The molecule has 1 heterocycles. The van der Waals surface area contributed by atoms with E-state index in [2.05, 4.69) is 10.3 Å². The van der Waals surface area contributed by atoms with Gasteiger partial charge in [-0.3, -0.25) is 4.79 Å². The molecule has 1 aromatic carbocycles. The number of anilines is 1. The van der Waals surface area contributed by atoms with Crippen LogP contribution in [0.5, 0.6) is 11.6 Å². The number of alkyl halides is 3. The second-order valence-corrected chi connectivity index (χ2v) is 5.64. The van der Waals surface area contributed by atoms with Crippen LogP contribution >= 0.6 is 11.6 Å². The Morgan fingerprint density at radius 3 is 2.44 bits per heavy atom. The fourth-order valence-corrected chi connectivity index (χ4v) is 2.18. The van der Waals surface area contributed by atoms with E-state index < -0.39 is 17.6 Å². The van der Waals surface area contributed by atoms with Crippen molar-refractivity contribution in [3.63, 3.8) is 0 Å². The lowest BCUT2D eigenvalue weighted by Gasteiger charge is -2.11. The van der Waals surface area contributed by atoms with Crippen molar-refractivity contribution in [2.75, 3.05) is 5.32 Å². The molecule has 27 heavy (non-hydrogen) atoms. The Bertz CT molecular complexity index is 935. The van der Waals surface area contributed by atoms with Gasteiger partial charge < -0.3 is 15.8 Å². The molecule has 1 aromatic heterocycles. The van der Waals surface area contributed by atoms with Crippen molar-refractivity contribution in [2.24, 2.45) is 5.73 Å². The smallest absolute Gasteiger partial charge is 0.417 e.